The van der Waals surface area contributed by atoms with Gasteiger partial charge in [-0.1, -0.05) is 17.5 Å². The van der Waals surface area contributed by atoms with Gasteiger partial charge in [-0.25, -0.2) is 0 Å². The van der Waals surface area contributed by atoms with Crippen LogP contribution in [0, 0.1) is 26.2 Å². The van der Waals surface area contributed by atoms with Crippen LogP contribution in [0.25, 0.3) is 0 Å². The summed E-state index contributed by atoms with van der Waals surface area (Å²) in [5, 5.41) is 11.2. The van der Waals surface area contributed by atoms with Crippen LogP contribution in [0.3, 0.4) is 0 Å². The standard InChI is InChI=1S/C10H12ClN3/c1-5-6(2)12-10-8(4)7(3)9(11)13-14-10/h1,6H,2-4H3,(H,12,14). The SMILES string of the molecule is C#CC(C)Nc1nnc(Cl)c(C)c1C. The van der Waals surface area contributed by atoms with Gasteiger partial charge >= 0.3 is 0 Å². The molecule has 0 spiro atoms. The van der Waals surface area contributed by atoms with Crippen molar-refractivity contribution in [1.82, 2.24) is 10.2 Å². The van der Waals surface area contributed by atoms with Gasteiger partial charge in [-0.3, -0.25) is 0 Å². The average Bonchev–Trinajstić information content (AvgIpc) is 2.19. The third-order valence-electron chi connectivity index (χ3n) is 2.07. The lowest BCUT2D eigenvalue weighted by atomic mass is 10.2. The van der Waals surface area contributed by atoms with Crippen LogP contribution in [-0.4, -0.2) is 16.2 Å². The van der Waals surface area contributed by atoms with Gasteiger partial charge in [-0.2, -0.15) is 0 Å². The minimum absolute atomic E-state index is 0.0661. The molecule has 0 bridgehead atoms. The molecule has 4 heteroatoms. The minimum Gasteiger partial charge on any atom is -0.355 e. The maximum atomic E-state index is 5.81. The van der Waals surface area contributed by atoms with Crippen molar-refractivity contribution in [3.05, 3.63) is 16.3 Å². The van der Waals surface area contributed by atoms with E-state index < -0.39 is 0 Å². The van der Waals surface area contributed by atoms with Crippen LogP contribution >= 0.6 is 11.6 Å². The molecular formula is C10H12ClN3. The maximum absolute atomic E-state index is 5.81. The van der Waals surface area contributed by atoms with Crippen LogP contribution < -0.4 is 5.32 Å². The fourth-order valence-corrected chi connectivity index (χ4v) is 1.14. The van der Waals surface area contributed by atoms with Gasteiger partial charge in [0.2, 0.25) is 0 Å². The molecule has 14 heavy (non-hydrogen) atoms. The van der Waals surface area contributed by atoms with E-state index in [-0.39, 0.29) is 6.04 Å². The highest BCUT2D eigenvalue weighted by Crippen LogP contribution is 2.20. The number of aromatic nitrogens is 2. The van der Waals surface area contributed by atoms with Gasteiger partial charge in [0.1, 0.15) is 0 Å². The summed E-state index contributed by atoms with van der Waals surface area (Å²) in [6, 6.07) is -0.0661. The van der Waals surface area contributed by atoms with E-state index in [9.17, 15) is 0 Å². The third-order valence-corrected chi connectivity index (χ3v) is 2.43. The Bertz CT molecular complexity index is 382. The monoisotopic (exact) mass is 209 g/mol. The molecule has 1 heterocycles. The largest absolute Gasteiger partial charge is 0.355 e. The number of halogens is 1. The fourth-order valence-electron chi connectivity index (χ4n) is 0.960. The Labute approximate surface area is 88.9 Å². The summed E-state index contributed by atoms with van der Waals surface area (Å²) in [5.74, 6) is 3.25. The first-order valence-corrected chi connectivity index (χ1v) is 4.66. The molecule has 1 aromatic rings. The molecule has 0 saturated carbocycles. The predicted octanol–water partition coefficient (Wildman–Crippen LogP) is 2.18. The smallest absolute Gasteiger partial charge is 0.155 e. The Kier molecular flexibility index (Phi) is 3.32. The van der Waals surface area contributed by atoms with Crippen molar-refractivity contribution >= 4 is 17.4 Å². The summed E-state index contributed by atoms with van der Waals surface area (Å²) in [7, 11) is 0. The number of rotatable bonds is 2. The lowest BCUT2D eigenvalue weighted by molar-refractivity contribution is 0.942. The first-order valence-electron chi connectivity index (χ1n) is 4.28. The molecule has 3 nitrogen and oxygen atoms in total. The second kappa shape index (κ2) is 4.30. The first-order chi connectivity index (χ1) is 6.56. The number of nitrogens with one attached hydrogen (secondary N) is 1. The van der Waals surface area contributed by atoms with Crippen LogP contribution in [-0.2, 0) is 0 Å². The average molecular weight is 210 g/mol. The molecule has 0 aliphatic heterocycles. The van der Waals surface area contributed by atoms with Gasteiger partial charge in [-0.05, 0) is 31.9 Å². The van der Waals surface area contributed by atoms with Crippen molar-refractivity contribution in [3.8, 4) is 12.3 Å². The molecule has 74 valence electrons. The lowest BCUT2D eigenvalue weighted by Crippen LogP contribution is -2.15. The van der Waals surface area contributed by atoms with Gasteiger partial charge in [0.05, 0.1) is 6.04 Å². The van der Waals surface area contributed by atoms with E-state index in [0.717, 1.165) is 11.1 Å². The Morgan fingerprint density at radius 2 is 2.00 bits per heavy atom. The molecule has 1 unspecified atom stereocenters. The van der Waals surface area contributed by atoms with E-state index in [1.807, 2.05) is 20.8 Å². The molecule has 1 atom stereocenters. The molecule has 0 aliphatic carbocycles. The molecule has 0 radical (unpaired) electrons. The van der Waals surface area contributed by atoms with Crippen LogP contribution in [0.5, 0.6) is 0 Å². The Morgan fingerprint density at radius 3 is 2.57 bits per heavy atom. The van der Waals surface area contributed by atoms with Crippen molar-refractivity contribution in [2.24, 2.45) is 0 Å². The molecule has 0 fully saturated rings. The summed E-state index contributed by atoms with van der Waals surface area (Å²) < 4.78 is 0. The fraction of sp³-hybridized carbons (Fsp3) is 0.400. The van der Waals surface area contributed by atoms with Crippen molar-refractivity contribution in [2.75, 3.05) is 5.32 Å². The highest BCUT2D eigenvalue weighted by atomic mass is 35.5. The van der Waals surface area contributed by atoms with E-state index in [1.54, 1.807) is 0 Å². The molecule has 1 rings (SSSR count). The van der Waals surface area contributed by atoms with Crippen molar-refractivity contribution in [2.45, 2.75) is 26.8 Å². The number of anilines is 1. The quantitative estimate of drug-likeness (QED) is 0.759. The summed E-state index contributed by atoms with van der Waals surface area (Å²) >= 11 is 5.81. The molecule has 1 N–H and O–H groups in total. The van der Waals surface area contributed by atoms with Crippen LogP contribution in [0.15, 0.2) is 0 Å². The van der Waals surface area contributed by atoms with Gasteiger partial charge in [0.25, 0.3) is 0 Å². The first kappa shape index (κ1) is 10.8. The molecule has 0 aliphatic rings. The van der Waals surface area contributed by atoms with Crippen molar-refractivity contribution < 1.29 is 0 Å². The number of hydrogen-bond donors (Lipinski definition) is 1. The summed E-state index contributed by atoms with van der Waals surface area (Å²) in [4.78, 5) is 0. The zero-order valence-corrected chi connectivity index (χ0v) is 9.18. The normalized spacial score (nSPS) is 11.9. The van der Waals surface area contributed by atoms with Crippen LogP contribution in [0.1, 0.15) is 18.1 Å². The zero-order chi connectivity index (χ0) is 10.7. The van der Waals surface area contributed by atoms with Crippen molar-refractivity contribution in [3.63, 3.8) is 0 Å². The number of hydrogen-bond acceptors (Lipinski definition) is 3. The van der Waals surface area contributed by atoms with Gasteiger partial charge in [0.15, 0.2) is 11.0 Å². The summed E-state index contributed by atoms with van der Waals surface area (Å²) in [6.07, 6.45) is 5.25. The molecule has 0 saturated heterocycles. The molecule has 0 amide bonds. The topological polar surface area (TPSA) is 37.8 Å². The number of terminal acetylenes is 1. The highest BCUT2D eigenvalue weighted by molar-refractivity contribution is 6.30. The van der Waals surface area contributed by atoms with E-state index in [0.29, 0.717) is 11.0 Å². The second-order valence-corrected chi connectivity index (χ2v) is 3.48. The van der Waals surface area contributed by atoms with Crippen LogP contribution in [0.4, 0.5) is 5.82 Å². The van der Waals surface area contributed by atoms with Gasteiger partial charge < -0.3 is 5.32 Å². The molecule has 0 aromatic carbocycles. The van der Waals surface area contributed by atoms with E-state index in [4.69, 9.17) is 18.0 Å². The summed E-state index contributed by atoms with van der Waals surface area (Å²) in [6.45, 7) is 5.71. The van der Waals surface area contributed by atoms with E-state index >= 15 is 0 Å². The predicted molar refractivity (Wildman–Crippen MR) is 58.4 cm³/mol. The Morgan fingerprint density at radius 1 is 1.36 bits per heavy atom. The molecule has 1 aromatic heterocycles. The number of nitrogens with zero attached hydrogens (tertiary/aromatic N) is 2. The van der Waals surface area contributed by atoms with Crippen molar-refractivity contribution in [1.29, 1.82) is 0 Å². The minimum atomic E-state index is -0.0661. The van der Waals surface area contributed by atoms with Gasteiger partial charge in [0, 0.05) is 0 Å². The zero-order valence-electron chi connectivity index (χ0n) is 8.43. The Hall–Kier alpha value is -1.27. The van der Waals surface area contributed by atoms with Gasteiger partial charge in [-0.15, -0.1) is 16.6 Å². The lowest BCUT2D eigenvalue weighted by Gasteiger charge is -2.11. The third kappa shape index (κ3) is 2.15. The summed E-state index contributed by atoms with van der Waals surface area (Å²) in [5.41, 5.74) is 1.90. The maximum Gasteiger partial charge on any atom is 0.155 e. The van der Waals surface area contributed by atoms with E-state index in [2.05, 4.69) is 21.4 Å². The van der Waals surface area contributed by atoms with E-state index in [1.165, 1.54) is 0 Å². The molecular weight excluding hydrogens is 198 g/mol. The van der Waals surface area contributed by atoms with Crippen LogP contribution in [0.2, 0.25) is 5.15 Å². The highest BCUT2D eigenvalue weighted by Gasteiger charge is 2.08. The second-order valence-electron chi connectivity index (χ2n) is 3.12. The Balaban J connectivity index is 3.01.